The zero-order valence-electron chi connectivity index (χ0n) is 14.1. The molecule has 1 atom stereocenters. The van der Waals surface area contributed by atoms with E-state index in [2.05, 4.69) is 15.7 Å². The Morgan fingerprint density at radius 2 is 2.08 bits per heavy atom. The van der Waals surface area contributed by atoms with Crippen LogP contribution < -0.4 is 10.6 Å². The van der Waals surface area contributed by atoms with E-state index in [0.29, 0.717) is 23.5 Å². The molecule has 3 rings (SSSR count). The van der Waals surface area contributed by atoms with Gasteiger partial charge in [0.1, 0.15) is 0 Å². The average Bonchev–Trinajstić information content (AvgIpc) is 3.23. The van der Waals surface area contributed by atoms with E-state index < -0.39 is 11.9 Å². The lowest BCUT2D eigenvalue weighted by Gasteiger charge is -2.12. The van der Waals surface area contributed by atoms with Crippen LogP contribution in [0.1, 0.15) is 18.5 Å². The normalized spacial score (nSPS) is 17.3. The first-order chi connectivity index (χ1) is 12.3. The Labute approximate surface area is 148 Å². The summed E-state index contributed by atoms with van der Waals surface area (Å²) in [5.74, 6) is 0. The molecule has 0 aliphatic carbocycles. The Morgan fingerprint density at radius 1 is 1.35 bits per heavy atom. The number of amides is 2. The molecule has 0 unspecified atom stereocenters. The molecule has 1 fully saturated rings. The molecule has 9 heteroatoms. The van der Waals surface area contributed by atoms with Crippen LogP contribution in [0, 0.1) is 0 Å². The van der Waals surface area contributed by atoms with E-state index in [9.17, 15) is 18.0 Å². The quantitative estimate of drug-likeness (QED) is 0.869. The van der Waals surface area contributed by atoms with E-state index in [-0.39, 0.29) is 12.1 Å². The van der Waals surface area contributed by atoms with Crippen LogP contribution >= 0.6 is 0 Å². The van der Waals surface area contributed by atoms with Crippen LogP contribution in [0.2, 0.25) is 0 Å². The van der Waals surface area contributed by atoms with Crippen molar-refractivity contribution in [2.24, 2.45) is 7.05 Å². The number of carbonyl (C=O) groups is 1. The molecule has 140 valence electrons. The molecular weight excluding hydrogens is 349 g/mol. The minimum absolute atomic E-state index is 0.0517. The van der Waals surface area contributed by atoms with Gasteiger partial charge in [-0.3, -0.25) is 4.68 Å². The van der Waals surface area contributed by atoms with Gasteiger partial charge in [0.25, 0.3) is 0 Å². The number of aromatic nitrogens is 2. The molecule has 0 bridgehead atoms. The molecule has 2 N–H and O–H groups in total. The summed E-state index contributed by atoms with van der Waals surface area (Å²) in [5, 5.41) is 8.91. The maximum absolute atomic E-state index is 12.7. The summed E-state index contributed by atoms with van der Waals surface area (Å²) >= 11 is 0. The number of hydrogen-bond donors (Lipinski definition) is 2. The summed E-state index contributed by atoms with van der Waals surface area (Å²) < 4.78 is 44.9. The van der Waals surface area contributed by atoms with Gasteiger partial charge in [0, 0.05) is 25.9 Å². The second kappa shape index (κ2) is 7.36. The highest BCUT2D eigenvalue weighted by Gasteiger charge is 2.34. The molecule has 2 aromatic rings. The summed E-state index contributed by atoms with van der Waals surface area (Å²) in [6.07, 6.45) is -2.51. The Bertz CT molecular complexity index is 765. The highest BCUT2D eigenvalue weighted by molar-refractivity contribution is 5.89. The van der Waals surface area contributed by atoms with Crippen molar-refractivity contribution in [3.63, 3.8) is 0 Å². The van der Waals surface area contributed by atoms with E-state index in [1.165, 1.54) is 11.7 Å². The zero-order valence-corrected chi connectivity index (χ0v) is 14.1. The van der Waals surface area contributed by atoms with Crippen molar-refractivity contribution in [1.29, 1.82) is 0 Å². The van der Waals surface area contributed by atoms with Crippen LogP contribution in [0.25, 0.3) is 11.3 Å². The largest absolute Gasteiger partial charge is 0.435 e. The molecule has 6 nitrogen and oxygen atoms in total. The molecule has 0 saturated carbocycles. The van der Waals surface area contributed by atoms with Gasteiger partial charge >= 0.3 is 12.2 Å². The van der Waals surface area contributed by atoms with Gasteiger partial charge in [-0.2, -0.15) is 18.3 Å². The van der Waals surface area contributed by atoms with Crippen molar-refractivity contribution in [2.45, 2.75) is 25.1 Å². The van der Waals surface area contributed by atoms with Crippen molar-refractivity contribution >= 4 is 11.7 Å². The van der Waals surface area contributed by atoms with E-state index in [4.69, 9.17) is 4.74 Å². The predicted molar refractivity (Wildman–Crippen MR) is 89.6 cm³/mol. The number of hydrogen-bond acceptors (Lipinski definition) is 3. The number of anilines is 1. The first kappa shape index (κ1) is 18.2. The second-order valence-electron chi connectivity index (χ2n) is 6.08. The summed E-state index contributed by atoms with van der Waals surface area (Å²) in [4.78, 5) is 11.9. The smallest absolute Gasteiger partial charge is 0.376 e. The van der Waals surface area contributed by atoms with Crippen molar-refractivity contribution in [2.75, 3.05) is 18.5 Å². The number of aryl methyl sites for hydroxylation is 1. The molecule has 0 radical (unpaired) electrons. The standard InChI is InChI=1S/C17H19F3N4O2/c1-24-14(9-15(23-24)17(18,19)20)11-4-6-12(7-5-11)22-16(25)21-10-13-3-2-8-26-13/h4-7,9,13H,2-3,8,10H2,1H3,(H2,21,22,25)/t13-/m1/s1. The minimum Gasteiger partial charge on any atom is -0.376 e. The first-order valence-corrected chi connectivity index (χ1v) is 8.21. The third-order valence-corrected chi connectivity index (χ3v) is 4.12. The van der Waals surface area contributed by atoms with E-state index in [1.54, 1.807) is 24.3 Å². The van der Waals surface area contributed by atoms with E-state index in [1.807, 2.05) is 0 Å². The maximum Gasteiger partial charge on any atom is 0.435 e. The minimum atomic E-state index is -4.49. The van der Waals surface area contributed by atoms with Gasteiger partial charge in [0.05, 0.1) is 11.8 Å². The van der Waals surface area contributed by atoms with Crippen LogP contribution in [0.15, 0.2) is 30.3 Å². The third kappa shape index (κ3) is 4.34. The van der Waals surface area contributed by atoms with Crippen molar-refractivity contribution < 1.29 is 22.7 Å². The van der Waals surface area contributed by atoms with Crippen molar-refractivity contribution in [1.82, 2.24) is 15.1 Å². The Hall–Kier alpha value is -2.55. The van der Waals surface area contributed by atoms with Gasteiger partial charge in [-0.05, 0) is 36.6 Å². The number of halogens is 3. The van der Waals surface area contributed by atoms with Gasteiger partial charge < -0.3 is 15.4 Å². The highest BCUT2D eigenvalue weighted by Crippen LogP contribution is 2.31. The molecule has 1 aliphatic rings. The van der Waals surface area contributed by atoms with Gasteiger partial charge in [-0.25, -0.2) is 4.79 Å². The summed E-state index contributed by atoms with van der Waals surface area (Å²) in [5.41, 5.74) is 0.509. The average molecular weight is 368 g/mol. The molecule has 2 heterocycles. The first-order valence-electron chi connectivity index (χ1n) is 8.21. The number of ether oxygens (including phenoxy) is 1. The molecule has 26 heavy (non-hydrogen) atoms. The maximum atomic E-state index is 12.7. The number of benzene rings is 1. The molecule has 0 spiro atoms. The molecule has 1 aliphatic heterocycles. The van der Waals surface area contributed by atoms with Gasteiger partial charge in [0.2, 0.25) is 0 Å². The van der Waals surface area contributed by atoms with Crippen LogP contribution in [0.3, 0.4) is 0 Å². The summed E-state index contributed by atoms with van der Waals surface area (Å²) in [6, 6.07) is 7.16. The van der Waals surface area contributed by atoms with Crippen LogP contribution in [0.4, 0.5) is 23.7 Å². The van der Waals surface area contributed by atoms with E-state index in [0.717, 1.165) is 25.5 Å². The number of carbonyl (C=O) groups excluding carboxylic acids is 1. The monoisotopic (exact) mass is 368 g/mol. The molecule has 1 aromatic heterocycles. The third-order valence-electron chi connectivity index (χ3n) is 4.12. The van der Waals surface area contributed by atoms with Crippen LogP contribution in [0.5, 0.6) is 0 Å². The fourth-order valence-corrected chi connectivity index (χ4v) is 2.79. The molecular formula is C17H19F3N4O2. The number of nitrogens with zero attached hydrogens (tertiary/aromatic N) is 2. The summed E-state index contributed by atoms with van der Waals surface area (Å²) in [7, 11) is 1.45. The van der Waals surface area contributed by atoms with Crippen molar-refractivity contribution in [3.8, 4) is 11.3 Å². The fourth-order valence-electron chi connectivity index (χ4n) is 2.79. The van der Waals surface area contributed by atoms with E-state index >= 15 is 0 Å². The lowest BCUT2D eigenvalue weighted by molar-refractivity contribution is -0.141. The zero-order chi connectivity index (χ0) is 18.7. The highest BCUT2D eigenvalue weighted by atomic mass is 19.4. The van der Waals surface area contributed by atoms with Crippen molar-refractivity contribution in [3.05, 3.63) is 36.0 Å². The summed E-state index contributed by atoms with van der Waals surface area (Å²) in [6.45, 7) is 1.17. The fraction of sp³-hybridized carbons (Fsp3) is 0.412. The lowest BCUT2D eigenvalue weighted by Crippen LogP contribution is -2.34. The van der Waals surface area contributed by atoms with Crippen LogP contribution in [-0.4, -0.2) is 35.1 Å². The van der Waals surface area contributed by atoms with Crippen LogP contribution in [-0.2, 0) is 18.0 Å². The topological polar surface area (TPSA) is 68.2 Å². The predicted octanol–water partition coefficient (Wildman–Crippen LogP) is 3.41. The Morgan fingerprint density at radius 3 is 2.65 bits per heavy atom. The number of nitrogens with one attached hydrogen (secondary N) is 2. The molecule has 1 aromatic carbocycles. The van der Waals surface area contributed by atoms with Gasteiger partial charge in [0.15, 0.2) is 5.69 Å². The number of rotatable bonds is 4. The van der Waals surface area contributed by atoms with Gasteiger partial charge in [-0.1, -0.05) is 12.1 Å². The second-order valence-corrected chi connectivity index (χ2v) is 6.08. The molecule has 2 amide bonds. The number of urea groups is 1. The number of alkyl halides is 3. The Kier molecular flexibility index (Phi) is 5.17. The SMILES string of the molecule is Cn1nc(C(F)(F)F)cc1-c1ccc(NC(=O)NC[C@H]2CCCO2)cc1. The molecule has 1 saturated heterocycles. The lowest BCUT2D eigenvalue weighted by atomic mass is 10.1. The Balaban J connectivity index is 1.61. The van der Waals surface area contributed by atoms with Gasteiger partial charge in [-0.15, -0.1) is 0 Å².